The number of hydrogen-bond acceptors (Lipinski definition) is 5. The highest BCUT2D eigenvalue weighted by atomic mass is 16.5. The van der Waals surface area contributed by atoms with Gasteiger partial charge in [0.25, 0.3) is 0 Å². The summed E-state index contributed by atoms with van der Waals surface area (Å²) in [5.41, 5.74) is 0. The Kier molecular flexibility index (Phi) is 8.01. The van der Waals surface area contributed by atoms with Gasteiger partial charge in [0, 0.05) is 19.3 Å². The third-order valence-electron chi connectivity index (χ3n) is 4.21. The number of aliphatic imine (C=N–C) groups is 1. The van der Waals surface area contributed by atoms with Crippen LogP contribution in [0.4, 0.5) is 0 Å². The van der Waals surface area contributed by atoms with Crippen molar-refractivity contribution in [1.29, 1.82) is 0 Å². The summed E-state index contributed by atoms with van der Waals surface area (Å²) < 4.78 is 10.7. The van der Waals surface area contributed by atoms with Gasteiger partial charge in [-0.15, -0.1) is 0 Å². The van der Waals surface area contributed by atoms with E-state index in [2.05, 4.69) is 20.6 Å². The van der Waals surface area contributed by atoms with Crippen molar-refractivity contribution in [3.05, 3.63) is 24.5 Å². The van der Waals surface area contributed by atoms with Gasteiger partial charge in [-0.2, -0.15) is 0 Å². The first-order valence-electron chi connectivity index (χ1n) is 8.89. The first-order chi connectivity index (χ1) is 12.2. The summed E-state index contributed by atoms with van der Waals surface area (Å²) in [5.74, 6) is 1.50. The van der Waals surface area contributed by atoms with Crippen molar-refractivity contribution in [2.75, 3.05) is 26.8 Å². The highest BCUT2D eigenvalue weighted by molar-refractivity contribution is 5.80. The maximum atomic E-state index is 11.8. The molecule has 0 aromatic carbocycles. The van der Waals surface area contributed by atoms with Crippen molar-refractivity contribution in [3.63, 3.8) is 0 Å². The van der Waals surface area contributed by atoms with E-state index in [0.717, 1.165) is 37.4 Å². The molecular weight excluding hydrogens is 320 g/mol. The molecular formula is C18H28N4O3. The van der Waals surface area contributed by atoms with Gasteiger partial charge in [-0.25, -0.2) is 0 Å². The number of nitrogens with zero attached hydrogens (tertiary/aromatic N) is 2. The number of ether oxygens (including phenoxy) is 2. The van der Waals surface area contributed by atoms with Crippen LogP contribution in [-0.2, 0) is 9.53 Å². The van der Waals surface area contributed by atoms with Crippen LogP contribution in [0.5, 0.6) is 5.75 Å². The van der Waals surface area contributed by atoms with Crippen molar-refractivity contribution in [2.24, 2.45) is 10.9 Å². The fourth-order valence-corrected chi connectivity index (χ4v) is 2.89. The quantitative estimate of drug-likeness (QED) is 0.338. The van der Waals surface area contributed by atoms with Gasteiger partial charge in [-0.05, 0) is 44.7 Å². The van der Waals surface area contributed by atoms with Crippen LogP contribution in [0, 0.1) is 5.92 Å². The van der Waals surface area contributed by atoms with Crippen molar-refractivity contribution < 1.29 is 14.3 Å². The minimum absolute atomic E-state index is 0.0425. The highest BCUT2D eigenvalue weighted by Gasteiger charge is 2.27. The van der Waals surface area contributed by atoms with Gasteiger partial charge in [0.1, 0.15) is 12.4 Å². The third kappa shape index (κ3) is 6.60. The van der Waals surface area contributed by atoms with Gasteiger partial charge in [-0.1, -0.05) is 0 Å². The minimum atomic E-state index is -0.0593. The molecule has 0 atom stereocenters. The Bertz CT molecular complexity index is 543. The molecule has 0 amide bonds. The first-order valence-corrected chi connectivity index (χ1v) is 8.89. The van der Waals surface area contributed by atoms with Gasteiger partial charge < -0.3 is 20.1 Å². The molecule has 1 fully saturated rings. The van der Waals surface area contributed by atoms with Crippen molar-refractivity contribution in [2.45, 2.75) is 38.6 Å². The van der Waals surface area contributed by atoms with Gasteiger partial charge in [0.05, 0.1) is 25.3 Å². The van der Waals surface area contributed by atoms with Crippen LogP contribution in [0.15, 0.2) is 29.5 Å². The Labute approximate surface area is 149 Å². The fraction of sp³-hybridized carbons (Fsp3) is 0.611. The number of carbonyl (C=O) groups excluding carboxylic acids is 1. The zero-order valence-corrected chi connectivity index (χ0v) is 15.0. The standard InChI is InChI=1S/C18H28N4O3/c1-3-24-17(23)14-6-8-15(9-7-14)22-18(19-2)21-11-12-25-16-5-4-10-20-13-16/h4-5,10,13-15H,3,6-9,11-12H2,1-2H3,(H2,19,21,22). The van der Waals surface area contributed by atoms with E-state index in [0.29, 0.717) is 25.8 Å². The maximum Gasteiger partial charge on any atom is 0.308 e. The van der Waals surface area contributed by atoms with Crippen molar-refractivity contribution in [1.82, 2.24) is 15.6 Å². The summed E-state index contributed by atoms with van der Waals surface area (Å²) in [6, 6.07) is 4.05. The van der Waals surface area contributed by atoms with E-state index < -0.39 is 0 Å². The molecule has 0 unspecified atom stereocenters. The Morgan fingerprint density at radius 3 is 2.80 bits per heavy atom. The third-order valence-corrected chi connectivity index (χ3v) is 4.21. The van der Waals surface area contributed by atoms with E-state index in [-0.39, 0.29) is 11.9 Å². The van der Waals surface area contributed by atoms with E-state index in [1.165, 1.54) is 0 Å². The average molecular weight is 348 g/mol. The second kappa shape index (κ2) is 10.5. The van der Waals surface area contributed by atoms with Crippen LogP contribution in [-0.4, -0.2) is 49.8 Å². The van der Waals surface area contributed by atoms with Gasteiger partial charge in [-0.3, -0.25) is 14.8 Å². The molecule has 0 bridgehead atoms. The number of rotatable bonds is 7. The van der Waals surface area contributed by atoms with Crippen molar-refractivity contribution in [3.8, 4) is 5.75 Å². The molecule has 0 radical (unpaired) electrons. The Hall–Kier alpha value is -2.31. The largest absolute Gasteiger partial charge is 0.490 e. The highest BCUT2D eigenvalue weighted by Crippen LogP contribution is 2.25. The van der Waals surface area contributed by atoms with E-state index in [9.17, 15) is 4.79 Å². The summed E-state index contributed by atoms with van der Waals surface area (Å²) in [7, 11) is 1.75. The summed E-state index contributed by atoms with van der Waals surface area (Å²) >= 11 is 0. The molecule has 1 heterocycles. The van der Waals surface area contributed by atoms with E-state index in [1.54, 1.807) is 19.4 Å². The molecule has 1 aliphatic carbocycles. The lowest BCUT2D eigenvalue weighted by Gasteiger charge is -2.29. The lowest BCUT2D eigenvalue weighted by molar-refractivity contribution is -0.149. The molecule has 0 aliphatic heterocycles. The lowest BCUT2D eigenvalue weighted by Crippen LogP contribution is -2.46. The lowest BCUT2D eigenvalue weighted by atomic mass is 9.86. The van der Waals surface area contributed by atoms with Gasteiger partial charge in [0.15, 0.2) is 5.96 Å². The Morgan fingerprint density at radius 1 is 1.36 bits per heavy atom. The number of pyridine rings is 1. The molecule has 138 valence electrons. The number of aromatic nitrogens is 1. The van der Waals surface area contributed by atoms with Gasteiger partial charge >= 0.3 is 5.97 Å². The predicted octanol–water partition coefficient (Wildman–Crippen LogP) is 1.75. The predicted molar refractivity (Wildman–Crippen MR) is 96.6 cm³/mol. The summed E-state index contributed by atoms with van der Waals surface area (Å²) in [6.07, 6.45) is 7.00. The van der Waals surface area contributed by atoms with Crippen LogP contribution in [0.25, 0.3) is 0 Å². The van der Waals surface area contributed by atoms with E-state index >= 15 is 0 Å². The molecule has 7 nitrogen and oxygen atoms in total. The molecule has 25 heavy (non-hydrogen) atoms. The van der Waals surface area contributed by atoms with Crippen LogP contribution in [0.3, 0.4) is 0 Å². The zero-order valence-electron chi connectivity index (χ0n) is 15.0. The van der Waals surface area contributed by atoms with Crippen LogP contribution in [0.1, 0.15) is 32.6 Å². The molecule has 2 rings (SSSR count). The summed E-state index contributed by atoms with van der Waals surface area (Å²) in [4.78, 5) is 20.0. The van der Waals surface area contributed by atoms with Crippen LogP contribution in [0.2, 0.25) is 0 Å². The smallest absolute Gasteiger partial charge is 0.308 e. The first kappa shape index (κ1) is 19.0. The SMILES string of the molecule is CCOC(=O)C1CCC(NC(=NC)NCCOc2cccnc2)CC1. The molecule has 2 N–H and O–H groups in total. The zero-order chi connectivity index (χ0) is 17.9. The number of guanidine groups is 1. The molecule has 7 heteroatoms. The number of esters is 1. The minimum Gasteiger partial charge on any atom is -0.490 e. The maximum absolute atomic E-state index is 11.8. The molecule has 1 saturated carbocycles. The second-order valence-corrected chi connectivity index (χ2v) is 5.98. The topological polar surface area (TPSA) is 84.8 Å². The molecule has 0 spiro atoms. The fourth-order valence-electron chi connectivity index (χ4n) is 2.89. The second-order valence-electron chi connectivity index (χ2n) is 5.98. The van der Waals surface area contributed by atoms with Crippen LogP contribution < -0.4 is 15.4 Å². The monoisotopic (exact) mass is 348 g/mol. The molecule has 1 aromatic heterocycles. The molecule has 0 saturated heterocycles. The molecule has 1 aromatic rings. The number of carbonyl (C=O) groups is 1. The number of nitrogens with one attached hydrogen (secondary N) is 2. The van der Waals surface area contributed by atoms with E-state index in [4.69, 9.17) is 9.47 Å². The number of hydrogen-bond donors (Lipinski definition) is 2. The van der Waals surface area contributed by atoms with Crippen molar-refractivity contribution >= 4 is 11.9 Å². The Balaban J connectivity index is 1.64. The normalized spacial score (nSPS) is 20.6. The average Bonchev–Trinajstić information content (AvgIpc) is 2.65. The van der Waals surface area contributed by atoms with E-state index in [1.807, 2.05) is 19.1 Å². The van der Waals surface area contributed by atoms with Gasteiger partial charge in [0.2, 0.25) is 0 Å². The van der Waals surface area contributed by atoms with Crippen LogP contribution >= 0.6 is 0 Å². The summed E-state index contributed by atoms with van der Waals surface area (Å²) in [5, 5.41) is 6.66. The summed E-state index contributed by atoms with van der Waals surface area (Å²) in [6.45, 7) is 3.47. The molecule has 1 aliphatic rings. The Morgan fingerprint density at radius 2 is 2.16 bits per heavy atom.